The van der Waals surface area contributed by atoms with Gasteiger partial charge in [0.25, 0.3) is 0 Å². The van der Waals surface area contributed by atoms with Crippen molar-refractivity contribution >= 4 is 29.2 Å². The van der Waals surface area contributed by atoms with Crippen LogP contribution in [-0.4, -0.2) is 5.84 Å². The van der Waals surface area contributed by atoms with E-state index < -0.39 is 11.6 Å². The molecule has 0 heterocycles. The first kappa shape index (κ1) is 13.8. The third-order valence-electron chi connectivity index (χ3n) is 2.36. The summed E-state index contributed by atoms with van der Waals surface area (Å²) in [5.74, 6) is -1.29. The molecule has 0 saturated carbocycles. The van der Waals surface area contributed by atoms with Gasteiger partial charge in [0.05, 0.1) is 9.92 Å². The highest BCUT2D eigenvalue weighted by Gasteiger charge is 2.13. The molecule has 0 aliphatic heterocycles. The van der Waals surface area contributed by atoms with Gasteiger partial charge >= 0.3 is 0 Å². The highest BCUT2D eigenvalue weighted by atomic mass is 35.5. The van der Waals surface area contributed by atoms with E-state index >= 15 is 0 Å². The van der Waals surface area contributed by atoms with Crippen molar-refractivity contribution in [3.63, 3.8) is 0 Å². The van der Waals surface area contributed by atoms with E-state index in [4.69, 9.17) is 22.7 Å². The highest BCUT2D eigenvalue weighted by molar-refractivity contribution is 7.99. The second-order valence-electron chi connectivity index (χ2n) is 3.70. The van der Waals surface area contributed by atoms with Crippen molar-refractivity contribution < 1.29 is 8.78 Å². The molecule has 98 valence electrons. The standard InChI is InChI=1S/C13H9ClF2N2S/c14-8-2-1-3-10(12(8)13(17)18)19-11-6-7(15)4-5-9(11)16/h1-6H,(H3,17,18). The zero-order valence-corrected chi connectivity index (χ0v) is 11.2. The lowest BCUT2D eigenvalue weighted by atomic mass is 10.2. The molecule has 0 unspecified atom stereocenters. The van der Waals surface area contributed by atoms with Gasteiger partial charge in [-0.3, -0.25) is 5.41 Å². The lowest BCUT2D eigenvalue weighted by Gasteiger charge is -2.10. The smallest absolute Gasteiger partial charge is 0.137 e. The molecule has 2 aromatic rings. The van der Waals surface area contributed by atoms with Gasteiger partial charge in [-0.2, -0.15) is 0 Å². The Kier molecular flexibility index (Phi) is 4.07. The molecule has 2 aromatic carbocycles. The average molecular weight is 299 g/mol. The number of rotatable bonds is 3. The Morgan fingerprint density at radius 2 is 1.89 bits per heavy atom. The van der Waals surface area contributed by atoms with Crippen LogP contribution in [0.2, 0.25) is 5.02 Å². The summed E-state index contributed by atoms with van der Waals surface area (Å²) < 4.78 is 26.7. The topological polar surface area (TPSA) is 49.9 Å². The van der Waals surface area contributed by atoms with Crippen molar-refractivity contribution in [3.8, 4) is 0 Å². The lowest BCUT2D eigenvalue weighted by Crippen LogP contribution is -2.13. The number of nitrogens with one attached hydrogen (secondary N) is 1. The second kappa shape index (κ2) is 5.59. The molecule has 2 rings (SSSR count). The van der Waals surface area contributed by atoms with Crippen molar-refractivity contribution in [1.82, 2.24) is 0 Å². The van der Waals surface area contributed by atoms with E-state index in [0.717, 1.165) is 30.0 Å². The van der Waals surface area contributed by atoms with Crippen LogP contribution in [0.1, 0.15) is 5.56 Å². The minimum atomic E-state index is -0.541. The molecule has 0 saturated heterocycles. The summed E-state index contributed by atoms with van der Waals surface area (Å²) >= 11 is 6.94. The highest BCUT2D eigenvalue weighted by Crippen LogP contribution is 2.35. The molecule has 0 radical (unpaired) electrons. The lowest BCUT2D eigenvalue weighted by molar-refractivity contribution is 0.577. The van der Waals surface area contributed by atoms with Crippen LogP contribution in [0.25, 0.3) is 0 Å². The predicted octanol–water partition coefficient (Wildman–Crippen LogP) is 4.05. The van der Waals surface area contributed by atoms with Crippen molar-refractivity contribution in [2.45, 2.75) is 9.79 Å². The fraction of sp³-hybridized carbons (Fsp3) is 0. The molecule has 0 atom stereocenters. The first-order valence-electron chi connectivity index (χ1n) is 5.25. The van der Waals surface area contributed by atoms with Crippen LogP contribution in [0.3, 0.4) is 0 Å². The largest absolute Gasteiger partial charge is 0.384 e. The van der Waals surface area contributed by atoms with Gasteiger partial charge in [0.15, 0.2) is 0 Å². The van der Waals surface area contributed by atoms with Crippen molar-refractivity contribution in [1.29, 1.82) is 5.41 Å². The zero-order valence-electron chi connectivity index (χ0n) is 9.58. The van der Waals surface area contributed by atoms with Gasteiger partial charge in [0.2, 0.25) is 0 Å². The molecule has 2 nitrogen and oxygen atoms in total. The number of hydrogen-bond donors (Lipinski definition) is 2. The van der Waals surface area contributed by atoms with Gasteiger partial charge in [0.1, 0.15) is 17.5 Å². The molecule has 0 aliphatic carbocycles. The van der Waals surface area contributed by atoms with Crippen molar-refractivity contribution in [2.24, 2.45) is 5.73 Å². The van der Waals surface area contributed by atoms with Crippen LogP contribution in [0.15, 0.2) is 46.2 Å². The zero-order chi connectivity index (χ0) is 14.0. The monoisotopic (exact) mass is 298 g/mol. The Labute approximate surface area is 118 Å². The normalized spacial score (nSPS) is 10.5. The minimum Gasteiger partial charge on any atom is -0.384 e. The Bertz CT molecular complexity index is 647. The van der Waals surface area contributed by atoms with Crippen LogP contribution >= 0.6 is 23.4 Å². The third-order valence-corrected chi connectivity index (χ3v) is 3.77. The Morgan fingerprint density at radius 3 is 2.58 bits per heavy atom. The Balaban J connectivity index is 2.46. The number of amidine groups is 1. The van der Waals surface area contributed by atoms with E-state index in [0.29, 0.717) is 15.5 Å². The van der Waals surface area contributed by atoms with Crippen molar-refractivity contribution in [2.75, 3.05) is 0 Å². The number of hydrogen-bond acceptors (Lipinski definition) is 2. The SMILES string of the molecule is N=C(N)c1c(Cl)cccc1Sc1cc(F)ccc1F. The Hall–Kier alpha value is -1.59. The second-order valence-corrected chi connectivity index (χ2v) is 5.19. The molecule has 0 aliphatic rings. The maximum atomic E-state index is 13.6. The summed E-state index contributed by atoms with van der Waals surface area (Å²) in [4.78, 5) is 0.620. The van der Waals surface area contributed by atoms with Gasteiger partial charge in [-0.15, -0.1) is 0 Å². The molecule has 0 amide bonds. The van der Waals surface area contributed by atoms with Crippen LogP contribution in [0.5, 0.6) is 0 Å². The summed E-state index contributed by atoms with van der Waals surface area (Å²) in [5.41, 5.74) is 5.77. The molecule has 0 spiro atoms. The van der Waals surface area contributed by atoms with Crippen LogP contribution in [-0.2, 0) is 0 Å². The van der Waals surface area contributed by atoms with E-state index in [1.807, 2.05) is 0 Å². The van der Waals surface area contributed by atoms with E-state index in [1.54, 1.807) is 18.2 Å². The average Bonchev–Trinajstić information content (AvgIpc) is 2.33. The number of benzene rings is 2. The summed E-state index contributed by atoms with van der Waals surface area (Å²) in [6.07, 6.45) is 0. The quantitative estimate of drug-likeness (QED) is 0.663. The first-order valence-corrected chi connectivity index (χ1v) is 6.44. The maximum absolute atomic E-state index is 13.6. The number of halogens is 3. The fourth-order valence-corrected chi connectivity index (χ4v) is 2.90. The predicted molar refractivity (Wildman–Crippen MR) is 72.9 cm³/mol. The van der Waals surface area contributed by atoms with Crippen LogP contribution in [0, 0.1) is 17.0 Å². The van der Waals surface area contributed by atoms with E-state index in [9.17, 15) is 8.78 Å². The molecule has 0 aromatic heterocycles. The van der Waals surface area contributed by atoms with Gasteiger partial charge in [-0.05, 0) is 30.3 Å². The summed E-state index contributed by atoms with van der Waals surface area (Å²) in [5, 5.41) is 7.79. The summed E-state index contributed by atoms with van der Waals surface area (Å²) in [6.45, 7) is 0. The summed E-state index contributed by atoms with van der Waals surface area (Å²) in [7, 11) is 0. The molecule has 0 fully saturated rings. The van der Waals surface area contributed by atoms with E-state index in [-0.39, 0.29) is 10.7 Å². The third kappa shape index (κ3) is 3.05. The van der Waals surface area contributed by atoms with Gasteiger partial charge in [-0.25, -0.2) is 8.78 Å². The van der Waals surface area contributed by atoms with E-state index in [1.165, 1.54) is 0 Å². The van der Waals surface area contributed by atoms with Crippen LogP contribution < -0.4 is 5.73 Å². The molecular weight excluding hydrogens is 290 g/mol. The molecular formula is C13H9ClF2N2S. The number of nitrogen functional groups attached to an aromatic ring is 1. The molecule has 3 N–H and O–H groups in total. The molecule has 19 heavy (non-hydrogen) atoms. The molecule has 6 heteroatoms. The maximum Gasteiger partial charge on any atom is 0.137 e. The van der Waals surface area contributed by atoms with Gasteiger partial charge in [0, 0.05) is 10.5 Å². The first-order chi connectivity index (χ1) is 8.99. The van der Waals surface area contributed by atoms with Crippen LogP contribution in [0.4, 0.5) is 8.78 Å². The number of nitrogens with two attached hydrogens (primary N) is 1. The Morgan fingerprint density at radius 1 is 1.16 bits per heavy atom. The molecule has 0 bridgehead atoms. The fourth-order valence-electron chi connectivity index (χ4n) is 1.52. The van der Waals surface area contributed by atoms with Gasteiger partial charge < -0.3 is 5.73 Å². The van der Waals surface area contributed by atoms with Gasteiger partial charge in [-0.1, -0.05) is 29.4 Å². The van der Waals surface area contributed by atoms with E-state index in [2.05, 4.69) is 0 Å². The van der Waals surface area contributed by atoms with Crippen molar-refractivity contribution in [3.05, 3.63) is 58.6 Å². The minimum absolute atomic E-state index is 0.116. The summed E-state index contributed by atoms with van der Waals surface area (Å²) in [6, 6.07) is 8.08.